The molecule has 0 bridgehead atoms. The zero-order chi connectivity index (χ0) is 19.9. The van der Waals surface area contributed by atoms with E-state index in [1.54, 1.807) is 0 Å². The molecular weight excluding hydrogens is 375 g/mol. The van der Waals surface area contributed by atoms with Crippen molar-refractivity contribution in [3.63, 3.8) is 0 Å². The summed E-state index contributed by atoms with van der Waals surface area (Å²) in [6.07, 6.45) is 13.9. The Morgan fingerprint density at radius 3 is 2.14 bits per heavy atom. The predicted octanol–water partition coefficient (Wildman–Crippen LogP) is 2.84. The predicted molar refractivity (Wildman–Crippen MR) is 116 cm³/mol. The number of rotatable bonds is 8. The minimum absolute atomic E-state index is 0.0193. The SMILES string of the molecule is [AlH2][N](Cc1ccccn1)C1(N(Cc2ccccn2)Cn2cccn2)CCCCC1. The molecule has 1 saturated carbocycles. The van der Waals surface area contributed by atoms with E-state index in [4.69, 9.17) is 0 Å². The summed E-state index contributed by atoms with van der Waals surface area (Å²) in [6, 6.07) is 14.4. The number of hydrogen-bond donors (Lipinski definition) is 0. The van der Waals surface area contributed by atoms with Crippen LogP contribution >= 0.6 is 0 Å². The van der Waals surface area contributed by atoms with Crippen molar-refractivity contribution in [3.05, 3.63) is 78.6 Å². The maximum absolute atomic E-state index is 4.63. The summed E-state index contributed by atoms with van der Waals surface area (Å²) in [7, 11) is 0. The minimum atomic E-state index is 0.0193. The van der Waals surface area contributed by atoms with Gasteiger partial charge in [0.15, 0.2) is 0 Å². The molecule has 3 heterocycles. The lowest BCUT2D eigenvalue weighted by molar-refractivity contribution is -0.0714. The van der Waals surface area contributed by atoms with Crippen molar-refractivity contribution in [2.24, 2.45) is 0 Å². The fourth-order valence-corrected chi connectivity index (χ4v) is 5.57. The molecule has 1 fully saturated rings. The first kappa shape index (κ1) is 20.2. The maximum atomic E-state index is 4.63. The summed E-state index contributed by atoms with van der Waals surface area (Å²) >= 11 is 0.979. The summed E-state index contributed by atoms with van der Waals surface area (Å²) in [4.78, 5) is 11.8. The molecule has 0 unspecified atom stereocenters. The Kier molecular flexibility index (Phi) is 6.73. The van der Waals surface area contributed by atoms with E-state index >= 15 is 0 Å². The molecule has 0 amide bonds. The van der Waals surface area contributed by atoms with Crippen molar-refractivity contribution in [3.8, 4) is 0 Å². The van der Waals surface area contributed by atoms with Gasteiger partial charge in [-0.25, -0.2) is 0 Å². The summed E-state index contributed by atoms with van der Waals surface area (Å²) in [5.74, 6) is 0. The second kappa shape index (κ2) is 9.64. The highest BCUT2D eigenvalue weighted by Crippen LogP contribution is 2.37. The van der Waals surface area contributed by atoms with Crippen LogP contribution in [-0.2, 0) is 19.8 Å². The average Bonchev–Trinajstić information content (AvgIpc) is 3.28. The molecule has 1 aliphatic rings. The molecule has 3 aromatic rings. The molecule has 0 atom stereocenters. The van der Waals surface area contributed by atoms with Crippen LogP contribution in [0.2, 0.25) is 0 Å². The normalized spacial score (nSPS) is 16.3. The van der Waals surface area contributed by atoms with Crippen molar-refractivity contribution in [1.82, 2.24) is 28.5 Å². The molecule has 4 rings (SSSR count). The Balaban J connectivity index is 1.65. The first-order valence-corrected chi connectivity index (χ1v) is 11.4. The van der Waals surface area contributed by atoms with Crippen LogP contribution in [-0.4, -0.2) is 50.7 Å². The Morgan fingerprint density at radius 2 is 1.55 bits per heavy atom. The Morgan fingerprint density at radius 1 is 0.862 bits per heavy atom. The van der Waals surface area contributed by atoms with Gasteiger partial charge in [0, 0.05) is 37.9 Å². The molecule has 1 aliphatic carbocycles. The van der Waals surface area contributed by atoms with E-state index in [1.165, 1.54) is 32.1 Å². The quantitative estimate of drug-likeness (QED) is 0.427. The molecule has 0 aliphatic heterocycles. The van der Waals surface area contributed by atoms with Gasteiger partial charge in [-0.15, -0.1) is 0 Å². The van der Waals surface area contributed by atoms with E-state index in [-0.39, 0.29) is 5.66 Å². The molecule has 0 spiro atoms. The van der Waals surface area contributed by atoms with Gasteiger partial charge in [0.05, 0.1) is 23.7 Å². The minimum Gasteiger partial charge on any atom is -0.369 e. The maximum Gasteiger partial charge on any atom is 0.324 e. The van der Waals surface area contributed by atoms with E-state index in [0.717, 1.165) is 47.7 Å². The summed E-state index contributed by atoms with van der Waals surface area (Å²) in [5, 5.41) is 4.50. The monoisotopic (exact) mass is 404 g/mol. The third kappa shape index (κ3) is 4.93. The first-order chi connectivity index (χ1) is 14.3. The third-order valence-corrected chi connectivity index (χ3v) is 7.18. The van der Waals surface area contributed by atoms with Crippen LogP contribution in [0.25, 0.3) is 0 Å². The van der Waals surface area contributed by atoms with Gasteiger partial charge < -0.3 is 3.88 Å². The molecule has 0 N–H and O–H groups in total. The molecule has 0 radical (unpaired) electrons. The zero-order valence-corrected chi connectivity index (χ0v) is 19.2. The number of nitrogens with zero attached hydrogens (tertiary/aromatic N) is 6. The summed E-state index contributed by atoms with van der Waals surface area (Å²) in [5.41, 5.74) is 2.27. The van der Waals surface area contributed by atoms with Gasteiger partial charge in [-0.1, -0.05) is 31.4 Å². The summed E-state index contributed by atoms with van der Waals surface area (Å²) < 4.78 is 4.68. The molecular formula is C22H29AlN6. The van der Waals surface area contributed by atoms with Gasteiger partial charge in [0.2, 0.25) is 0 Å². The van der Waals surface area contributed by atoms with Crippen LogP contribution in [0.1, 0.15) is 43.5 Å². The highest BCUT2D eigenvalue weighted by atomic mass is 27.1. The second-order valence-electron chi connectivity index (χ2n) is 7.93. The van der Waals surface area contributed by atoms with E-state index in [1.807, 2.05) is 41.5 Å². The lowest BCUT2D eigenvalue weighted by Crippen LogP contribution is -2.60. The molecule has 0 saturated heterocycles. The number of pyridine rings is 2. The summed E-state index contributed by atoms with van der Waals surface area (Å²) in [6.45, 7) is 2.48. The molecule has 150 valence electrons. The fraction of sp³-hybridized carbons (Fsp3) is 0.409. The highest BCUT2D eigenvalue weighted by molar-refractivity contribution is 6.04. The van der Waals surface area contributed by atoms with Gasteiger partial charge in [-0.2, -0.15) is 5.10 Å². The van der Waals surface area contributed by atoms with Gasteiger partial charge in [-0.05, 0) is 43.2 Å². The van der Waals surface area contributed by atoms with Crippen LogP contribution in [0.4, 0.5) is 0 Å². The van der Waals surface area contributed by atoms with Crippen molar-refractivity contribution >= 4 is 16.5 Å². The second-order valence-corrected chi connectivity index (χ2v) is 9.01. The van der Waals surface area contributed by atoms with E-state index < -0.39 is 0 Å². The molecule has 6 nitrogen and oxygen atoms in total. The van der Waals surface area contributed by atoms with Crippen LogP contribution in [0.15, 0.2) is 67.3 Å². The number of aromatic nitrogens is 4. The highest BCUT2D eigenvalue weighted by Gasteiger charge is 2.41. The van der Waals surface area contributed by atoms with Crippen molar-refractivity contribution in [2.45, 2.75) is 57.5 Å². The van der Waals surface area contributed by atoms with Gasteiger partial charge in [-0.3, -0.25) is 19.5 Å². The van der Waals surface area contributed by atoms with Gasteiger partial charge >= 0.3 is 16.5 Å². The lowest BCUT2D eigenvalue weighted by atomic mass is 9.87. The molecule has 0 aromatic carbocycles. The third-order valence-electron chi connectivity index (χ3n) is 6.03. The van der Waals surface area contributed by atoms with Crippen LogP contribution in [0, 0.1) is 0 Å². The Bertz CT molecular complexity index is 850. The van der Waals surface area contributed by atoms with E-state index in [0.29, 0.717) is 0 Å². The lowest BCUT2D eigenvalue weighted by Gasteiger charge is -2.53. The fourth-order valence-electron chi connectivity index (χ4n) is 4.51. The molecule has 29 heavy (non-hydrogen) atoms. The van der Waals surface area contributed by atoms with Crippen LogP contribution in [0.3, 0.4) is 0 Å². The van der Waals surface area contributed by atoms with E-state index in [2.05, 4.69) is 54.3 Å². The zero-order valence-electron chi connectivity index (χ0n) is 17.2. The van der Waals surface area contributed by atoms with Gasteiger partial charge in [0.25, 0.3) is 0 Å². The van der Waals surface area contributed by atoms with Gasteiger partial charge in [0.1, 0.15) is 0 Å². The first-order valence-electron chi connectivity index (χ1n) is 10.5. The van der Waals surface area contributed by atoms with Crippen molar-refractivity contribution in [2.75, 3.05) is 0 Å². The largest absolute Gasteiger partial charge is 0.369 e. The topological polar surface area (TPSA) is 50.1 Å². The number of hydrogen-bond acceptors (Lipinski definition) is 5. The smallest absolute Gasteiger partial charge is 0.324 e. The molecule has 7 heteroatoms. The van der Waals surface area contributed by atoms with Crippen molar-refractivity contribution in [1.29, 1.82) is 0 Å². The van der Waals surface area contributed by atoms with Crippen LogP contribution in [0.5, 0.6) is 0 Å². The average molecular weight is 404 g/mol. The molecule has 3 aromatic heterocycles. The van der Waals surface area contributed by atoms with Crippen LogP contribution < -0.4 is 0 Å². The van der Waals surface area contributed by atoms with Crippen molar-refractivity contribution < 1.29 is 0 Å². The standard InChI is InChI=1S/C22H27N6.Al.2H/c1-4-11-22(12-5-1,25-17-20-9-2-6-13-23-20)27(19-28-16-8-15-26-28)18-21-10-3-7-14-24-21;;;/h2-3,6-10,13-16H,1,4-5,11-12,17-19H2;;;/q-1;+1;;. The Labute approximate surface area is 181 Å². The van der Waals surface area contributed by atoms with E-state index in [9.17, 15) is 0 Å². The Hall–Kier alpha value is -2.04.